The topological polar surface area (TPSA) is 50.8 Å². The monoisotopic (exact) mass is 307 g/mol. The fourth-order valence-electron chi connectivity index (χ4n) is 3.44. The van der Waals surface area contributed by atoms with E-state index in [1.807, 2.05) is 24.4 Å². The van der Waals surface area contributed by atoms with Crippen LogP contribution in [0.4, 0.5) is 0 Å². The SMILES string of the molecule is COc1cccc(-c2cnc3[nH]c(C4CCCCC4)nc3c2)c1. The molecule has 1 fully saturated rings. The van der Waals surface area contributed by atoms with E-state index in [0.29, 0.717) is 5.92 Å². The van der Waals surface area contributed by atoms with Crippen molar-refractivity contribution in [2.24, 2.45) is 0 Å². The Labute approximate surface area is 135 Å². The molecule has 0 bridgehead atoms. The zero-order valence-corrected chi connectivity index (χ0v) is 13.4. The van der Waals surface area contributed by atoms with Crippen molar-refractivity contribution in [1.82, 2.24) is 15.0 Å². The van der Waals surface area contributed by atoms with Crippen LogP contribution < -0.4 is 4.74 Å². The van der Waals surface area contributed by atoms with Crippen molar-refractivity contribution in [2.75, 3.05) is 7.11 Å². The molecule has 0 amide bonds. The Morgan fingerprint density at radius 3 is 2.78 bits per heavy atom. The number of benzene rings is 1. The third-order valence-corrected chi connectivity index (χ3v) is 4.75. The number of aromatic amines is 1. The molecule has 1 aromatic carbocycles. The van der Waals surface area contributed by atoms with E-state index in [1.54, 1.807) is 7.11 Å². The Morgan fingerprint density at radius 2 is 1.96 bits per heavy atom. The normalized spacial score (nSPS) is 15.9. The highest BCUT2D eigenvalue weighted by molar-refractivity contribution is 5.78. The predicted octanol–water partition coefficient (Wildman–Crippen LogP) is 4.68. The molecule has 0 spiro atoms. The van der Waals surface area contributed by atoms with E-state index >= 15 is 0 Å². The number of fused-ring (bicyclic) bond motifs is 1. The number of nitrogens with one attached hydrogen (secondary N) is 1. The van der Waals surface area contributed by atoms with Gasteiger partial charge in [-0.15, -0.1) is 0 Å². The molecule has 2 heterocycles. The summed E-state index contributed by atoms with van der Waals surface area (Å²) in [7, 11) is 1.69. The van der Waals surface area contributed by atoms with Crippen molar-refractivity contribution in [2.45, 2.75) is 38.0 Å². The minimum atomic E-state index is 0.568. The molecule has 1 N–H and O–H groups in total. The number of ether oxygens (including phenoxy) is 1. The first-order valence-electron chi connectivity index (χ1n) is 8.33. The van der Waals surface area contributed by atoms with Crippen LogP contribution in [-0.2, 0) is 0 Å². The predicted molar refractivity (Wildman–Crippen MR) is 91.7 cm³/mol. The number of aromatic nitrogens is 3. The molecule has 0 unspecified atom stereocenters. The number of imidazole rings is 1. The van der Waals surface area contributed by atoms with Crippen molar-refractivity contribution >= 4 is 11.2 Å². The van der Waals surface area contributed by atoms with Gasteiger partial charge in [0, 0.05) is 17.7 Å². The minimum Gasteiger partial charge on any atom is -0.497 e. The molecule has 0 saturated heterocycles. The Kier molecular flexibility index (Phi) is 3.74. The van der Waals surface area contributed by atoms with Gasteiger partial charge in [-0.2, -0.15) is 0 Å². The smallest absolute Gasteiger partial charge is 0.157 e. The Balaban J connectivity index is 1.69. The van der Waals surface area contributed by atoms with Crippen molar-refractivity contribution < 1.29 is 4.74 Å². The Bertz CT molecular complexity index is 818. The fourth-order valence-corrected chi connectivity index (χ4v) is 3.44. The first kappa shape index (κ1) is 14.2. The lowest BCUT2D eigenvalue weighted by molar-refractivity contribution is 0.415. The number of H-pyrrole nitrogens is 1. The standard InChI is InChI=1S/C19H21N3O/c1-23-16-9-5-8-14(10-16)15-11-17-19(20-12-15)22-18(21-17)13-6-3-2-4-7-13/h5,8-13H,2-4,6-7H2,1H3,(H,20,21,22). The summed E-state index contributed by atoms with van der Waals surface area (Å²) in [5, 5.41) is 0. The third kappa shape index (κ3) is 2.81. The van der Waals surface area contributed by atoms with Crippen LogP contribution in [0.2, 0.25) is 0 Å². The van der Waals surface area contributed by atoms with Gasteiger partial charge >= 0.3 is 0 Å². The van der Waals surface area contributed by atoms with Gasteiger partial charge in [-0.05, 0) is 36.6 Å². The summed E-state index contributed by atoms with van der Waals surface area (Å²) < 4.78 is 5.31. The largest absolute Gasteiger partial charge is 0.497 e. The lowest BCUT2D eigenvalue weighted by Crippen LogP contribution is -2.05. The summed E-state index contributed by atoms with van der Waals surface area (Å²) in [6.45, 7) is 0. The third-order valence-electron chi connectivity index (χ3n) is 4.75. The molecule has 4 rings (SSSR count). The number of rotatable bonds is 3. The second kappa shape index (κ2) is 6.03. The maximum Gasteiger partial charge on any atom is 0.157 e. The number of nitrogens with zero attached hydrogens (tertiary/aromatic N) is 2. The highest BCUT2D eigenvalue weighted by Gasteiger charge is 2.19. The molecular formula is C19H21N3O. The fraction of sp³-hybridized carbons (Fsp3) is 0.368. The van der Waals surface area contributed by atoms with Gasteiger partial charge in [0.05, 0.1) is 7.11 Å². The first-order chi connectivity index (χ1) is 11.3. The zero-order valence-electron chi connectivity index (χ0n) is 13.4. The van der Waals surface area contributed by atoms with Crippen LogP contribution >= 0.6 is 0 Å². The highest BCUT2D eigenvalue weighted by atomic mass is 16.5. The van der Waals surface area contributed by atoms with E-state index in [0.717, 1.165) is 33.9 Å². The highest BCUT2D eigenvalue weighted by Crippen LogP contribution is 2.32. The molecule has 4 heteroatoms. The molecule has 118 valence electrons. The second-order valence-electron chi connectivity index (χ2n) is 6.28. The van der Waals surface area contributed by atoms with Crippen LogP contribution in [0.5, 0.6) is 5.75 Å². The van der Waals surface area contributed by atoms with Gasteiger partial charge < -0.3 is 9.72 Å². The molecule has 0 aliphatic heterocycles. The number of pyridine rings is 1. The minimum absolute atomic E-state index is 0.568. The van der Waals surface area contributed by atoms with Gasteiger partial charge in [0.1, 0.15) is 17.1 Å². The summed E-state index contributed by atoms with van der Waals surface area (Å²) in [6.07, 6.45) is 8.36. The maximum absolute atomic E-state index is 5.31. The van der Waals surface area contributed by atoms with Crippen LogP contribution in [0.3, 0.4) is 0 Å². The first-order valence-corrected chi connectivity index (χ1v) is 8.33. The molecule has 3 aromatic rings. The van der Waals surface area contributed by atoms with Gasteiger partial charge in [-0.25, -0.2) is 9.97 Å². The number of hydrogen-bond donors (Lipinski definition) is 1. The van der Waals surface area contributed by atoms with Crippen LogP contribution in [0.25, 0.3) is 22.3 Å². The summed E-state index contributed by atoms with van der Waals surface area (Å²) >= 11 is 0. The molecule has 0 radical (unpaired) electrons. The van der Waals surface area contributed by atoms with Crippen molar-refractivity contribution in [3.05, 3.63) is 42.4 Å². The summed E-state index contributed by atoms with van der Waals surface area (Å²) in [5.41, 5.74) is 4.00. The summed E-state index contributed by atoms with van der Waals surface area (Å²) in [4.78, 5) is 12.8. The quantitative estimate of drug-likeness (QED) is 0.764. The van der Waals surface area contributed by atoms with Gasteiger partial charge in [0.15, 0.2) is 5.65 Å². The molecule has 1 saturated carbocycles. The molecule has 1 aliphatic carbocycles. The Morgan fingerprint density at radius 1 is 1.09 bits per heavy atom. The maximum atomic E-state index is 5.31. The van der Waals surface area contributed by atoms with Gasteiger partial charge in [-0.1, -0.05) is 31.4 Å². The van der Waals surface area contributed by atoms with E-state index in [-0.39, 0.29) is 0 Å². The van der Waals surface area contributed by atoms with Crippen LogP contribution in [-0.4, -0.2) is 22.1 Å². The van der Waals surface area contributed by atoms with Crippen LogP contribution in [0.1, 0.15) is 43.8 Å². The van der Waals surface area contributed by atoms with Crippen molar-refractivity contribution in [1.29, 1.82) is 0 Å². The molecule has 1 aliphatic rings. The molecule has 2 aromatic heterocycles. The second-order valence-corrected chi connectivity index (χ2v) is 6.28. The van der Waals surface area contributed by atoms with E-state index in [2.05, 4.69) is 22.1 Å². The van der Waals surface area contributed by atoms with Crippen molar-refractivity contribution in [3.63, 3.8) is 0 Å². The lowest BCUT2D eigenvalue weighted by atomic mass is 9.89. The lowest BCUT2D eigenvalue weighted by Gasteiger charge is -2.18. The molecular weight excluding hydrogens is 286 g/mol. The van der Waals surface area contributed by atoms with E-state index in [4.69, 9.17) is 9.72 Å². The number of hydrogen-bond acceptors (Lipinski definition) is 3. The van der Waals surface area contributed by atoms with Gasteiger partial charge in [0.25, 0.3) is 0 Å². The zero-order chi connectivity index (χ0) is 15.6. The van der Waals surface area contributed by atoms with Gasteiger partial charge in [0.2, 0.25) is 0 Å². The number of methoxy groups -OCH3 is 1. The van der Waals surface area contributed by atoms with Gasteiger partial charge in [-0.3, -0.25) is 0 Å². The summed E-state index contributed by atoms with van der Waals surface area (Å²) in [6, 6.07) is 10.2. The molecule has 4 nitrogen and oxygen atoms in total. The molecule has 23 heavy (non-hydrogen) atoms. The van der Waals surface area contributed by atoms with E-state index in [1.165, 1.54) is 32.1 Å². The van der Waals surface area contributed by atoms with E-state index in [9.17, 15) is 0 Å². The average Bonchev–Trinajstić information content (AvgIpc) is 3.06. The Hall–Kier alpha value is -2.36. The average molecular weight is 307 g/mol. The van der Waals surface area contributed by atoms with E-state index < -0.39 is 0 Å². The van der Waals surface area contributed by atoms with Crippen molar-refractivity contribution in [3.8, 4) is 16.9 Å². The summed E-state index contributed by atoms with van der Waals surface area (Å²) in [5.74, 6) is 2.53. The molecule has 0 atom stereocenters. The van der Waals surface area contributed by atoms with Crippen LogP contribution in [0, 0.1) is 0 Å². The van der Waals surface area contributed by atoms with Crippen LogP contribution in [0.15, 0.2) is 36.5 Å².